The standard InChI is InChI=1S/C7H17NS2/c1-2-9-5-3-6-10-7-4-8/h2-8H2,1H3. The van der Waals surface area contributed by atoms with Gasteiger partial charge in [-0.1, -0.05) is 6.92 Å². The average molecular weight is 179 g/mol. The van der Waals surface area contributed by atoms with Crippen molar-refractivity contribution >= 4 is 23.5 Å². The molecule has 0 aromatic heterocycles. The van der Waals surface area contributed by atoms with Crippen LogP contribution < -0.4 is 5.73 Å². The zero-order chi connectivity index (χ0) is 7.66. The van der Waals surface area contributed by atoms with Crippen LogP contribution in [-0.4, -0.2) is 29.6 Å². The maximum absolute atomic E-state index is 5.34. The zero-order valence-corrected chi connectivity index (χ0v) is 8.27. The van der Waals surface area contributed by atoms with Crippen molar-refractivity contribution in [3.8, 4) is 0 Å². The third-order valence-electron chi connectivity index (χ3n) is 1.04. The minimum absolute atomic E-state index is 0.825. The summed E-state index contributed by atoms with van der Waals surface area (Å²) in [5.41, 5.74) is 5.34. The second-order valence-electron chi connectivity index (χ2n) is 1.95. The van der Waals surface area contributed by atoms with Crippen LogP contribution in [0.3, 0.4) is 0 Å². The monoisotopic (exact) mass is 179 g/mol. The molecular formula is C7H17NS2. The van der Waals surface area contributed by atoms with Crippen LogP contribution in [0.5, 0.6) is 0 Å². The first-order chi connectivity index (χ1) is 4.91. The van der Waals surface area contributed by atoms with Crippen LogP contribution in [-0.2, 0) is 0 Å². The Bertz CT molecular complexity index is 51.6. The van der Waals surface area contributed by atoms with Gasteiger partial charge in [0.25, 0.3) is 0 Å². The summed E-state index contributed by atoms with van der Waals surface area (Å²) in [7, 11) is 0. The van der Waals surface area contributed by atoms with Crippen LogP contribution in [0.1, 0.15) is 13.3 Å². The van der Waals surface area contributed by atoms with Crippen LogP contribution in [0, 0.1) is 0 Å². The molecule has 0 aliphatic rings. The molecule has 0 heterocycles. The molecule has 0 aliphatic heterocycles. The second-order valence-corrected chi connectivity index (χ2v) is 4.57. The first-order valence-corrected chi connectivity index (χ1v) is 6.08. The van der Waals surface area contributed by atoms with Crippen LogP contribution in [0.25, 0.3) is 0 Å². The van der Waals surface area contributed by atoms with Crippen LogP contribution in [0.15, 0.2) is 0 Å². The van der Waals surface area contributed by atoms with Gasteiger partial charge in [0.05, 0.1) is 0 Å². The van der Waals surface area contributed by atoms with E-state index in [9.17, 15) is 0 Å². The summed E-state index contributed by atoms with van der Waals surface area (Å²) in [5.74, 6) is 4.97. The molecular weight excluding hydrogens is 162 g/mol. The van der Waals surface area contributed by atoms with Crippen LogP contribution in [0.4, 0.5) is 0 Å². The minimum Gasteiger partial charge on any atom is -0.330 e. The molecule has 0 unspecified atom stereocenters. The highest BCUT2D eigenvalue weighted by Gasteiger charge is 1.87. The van der Waals surface area contributed by atoms with Gasteiger partial charge in [0.1, 0.15) is 0 Å². The molecule has 0 bridgehead atoms. The molecule has 0 aromatic carbocycles. The number of hydrogen-bond donors (Lipinski definition) is 1. The van der Waals surface area contributed by atoms with Gasteiger partial charge >= 0.3 is 0 Å². The summed E-state index contributed by atoms with van der Waals surface area (Å²) >= 11 is 3.99. The fourth-order valence-corrected chi connectivity index (χ4v) is 2.13. The van der Waals surface area contributed by atoms with Gasteiger partial charge < -0.3 is 5.73 Å². The van der Waals surface area contributed by atoms with Crippen molar-refractivity contribution in [1.29, 1.82) is 0 Å². The van der Waals surface area contributed by atoms with E-state index in [1.165, 1.54) is 23.7 Å². The summed E-state index contributed by atoms with van der Waals surface area (Å²) in [5, 5.41) is 0. The van der Waals surface area contributed by atoms with Gasteiger partial charge in [-0.3, -0.25) is 0 Å². The molecule has 10 heavy (non-hydrogen) atoms. The van der Waals surface area contributed by atoms with E-state index >= 15 is 0 Å². The van der Waals surface area contributed by atoms with Crippen molar-refractivity contribution in [3.63, 3.8) is 0 Å². The summed E-state index contributed by atoms with van der Waals surface area (Å²) in [6.07, 6.45) is 1.34. The predicted molar refractivity (Wildman–Crippen MR) is 54.0 cm³/mol. The Morgan fingerprint density at radius 1 is 1.10 bits per heavy atom. The average Bonchev–Trinajstić information content (AvgIpc) is 1.97. The second kappa shape index (κ2) is 9.66. The Morgan fingerprint density at radius 2 is 1.80 bits per heavy atom. The lowest BCUT2D eigenvalue weighted by Crippen LogP contribution is -2.01. The Kier molecular flexibility index (Phi) is 10.3. The van der Waals surface area contributed by atoms with E-state index < -0.39 is 0 Å². The molecule has 0 aromatic rings. The molecule has 0 fully saturated rings. The van der Waals surface area contributed by atoms with E-state index in [1.54, 1.807) is 0 Å². The topological polar surface area (TPSA) is 26.0 Å². The van der Waals surface area contributed by atoms with Gasteiger partial charge in [-0.25, -0.2) is 0 Å². The van der Waals surface area contributed by atoms with Gasteiger partial charge in [-0.2, -0.15) is 23.5 Å². The molecule has 0 aliphatic carbocycles. The van der Waals surface area contributed by atoms with E-state index in [-0.39, 0.29) is 0 Å². The van der Waals surface area contributed by atoms with Gasteiger partial charge in [-0.05, 0) is 23.7 Å². The summed E-state index contributed by atoms with van der Waals surface area (Å²) < 4.78 is 0. The smallest absolute Gasteiger partial charge is 0.00558 e. The normalized spacial score (nSPS) is 10.2. The van der Waals surface area contributed by atoms with Gasteiger partial charge in [0.2, 0.25) is 0 Å². The first kappa shape index (κ1) is 10.7. The van der Waals surface area contributed by atoms with Crippen molar-refractivity contribution in [3.05, 3.63) is 0 Å². The largest absolute Gasteiger partial charge is 0.330 e. The van der Waals surface area contributed by atoms with Gasteiger partial charge in [-0.15, -0.1) is 0 Å². The molecule has 0 saturated heterocycles. The Balaban J connectivity index is 2.65. The quantitative estimate of drug-likeness (QED) is 0.604. The van der Waals surface area contributed by atoms with E-state index in [0.29, 0.717) is 0 Å². The fraction of sp³-hybridized carbons (Fsp3) is 1.00. The Labute approximate surface area is 72.5 Å². The van der Waals surface area contributed by atoms with E-state index in [1.807, 2.05) is 23.5 Å². The number of hydrogen-bond acceptors (Lipinski definition) is 3. The molecule has 1 nitrogen and oxygen atoms in total. The molecule has 0 saturated carbocycles. The molecule has 0 spiro atoms. The lowest BCUT2D eigenvalue weighted by molar-refractivity contribution is 1.10. The van der Waals surface area contributed by atoms with Gasteiger partial charge in [0.15, 0.2) is 0 Å². The van der Waals surface area contributed by atoms with Crippen molar-refractivity contribution in [2.45, 2.75) is 13.3 Å². The highest BCUT2D eigenvalue weighted by atomic mass is 32.2. The Hall–Kier alpha value is 0.660. The summed E-state index contributed by atoms with van der Waals surface area (Å²) in [6, 6.07) is 0. The third-order valence-corrected chi connectivity index (χ3v) is 3.13. The SMILES string of the molecule is CCSCCCSCCN. The summed E-state index contributed by atoms with van der Waals surface area (Å²) in [6.45, 7) is 3.03. The number of thioether (sulfide) groups is 2. The zero-order valence-electron chi connectivity index (χ0n) is 6.64. The van der Waals surface area contributed by atoms with Gasteiger partial charge in [0, 0.05) is 12.3 Å². The van der Waals surface area contributed by atoms with Crippen molar-refractivity contribution in [2.24, 2.45) is 5.73 Å². The molecule has 0 radical (unpaired) electrons. The fourth-order valence-electron chi connectivity index (χ4n) is 0.593. The van der Waals surface area contributed by atoms with E-state index in [2.05, 4.69) is 6.92 Å². The van der Waals surface area contributed by atoms with E-state index in [0.717, 1.165) is 12.3 Å². The summed E-state index contributed by atoms with van der Waals surface area (Å²) in [4.78, 5) is 0. The third kappa shape index (κ3) is 8.66. The Morgan fingerprint density at radius 3 is 2.40 bits per heavy atom. The molecule has 2 N–H and O–H groups in total. The lowest BCUT2D eigenvalue weighted by Gasteiger charge is -1.98. The first-order valence-electron chi connectivity index (χ1n) is 3.77. The predicted octanol–water partition coefficient (Wildman–Crippen LogP) is 1.82. The van der Waals surface area contributed by atoms with Crippen LogP contribution >= 0.6 is 23.5 Å². The van der Waals surface area contributed by atoms with Crippen molar-refractivity contribution in [1.82, 2.24) is 0 Å². The maximum Gasteiger partial charge on any atom is 0.00558 e. The lowest BCUT2D eigenvalue weighted by atomic mass is 10.6. The van der Waals surface area contributed by atoms with Crippen molar-refractivity contribution in [2.75, 3.05) is 29.6 Å². The molecule has 0 atom stereocenters. The van der Waals surface area contributed by atoms with E-state index in [4.69, 9.17) is 5.73 Å². The number of rotatable bonds is 7. The maximum atomic E-state index is 5.34. The molecule has 0 rings (SSSR count). The molecule has 3 heteroatoms. The minimum atomic E-state index is 0.825. The van der Waals surface area contributed by atoms with Crippen LogP contribution in [0.2, 0.25) is 0 Å². The van der Waals surface area contributed by atoms with Crippen molar-refractivity contribution < 1.29 is 0 Å². The molecule has 62 valence electrons. The highest BCUT2D eigenvalue weighted by molar-refractivity contribution is 8.00. The number of nitrogens with two attached hydrogens (primary N) is 1. The highest BCUT2D eigenvalue weighted by Crippen LogP contribution is 2.06. The molecule has 0 amide bonds.